The third kappa shape index (κ3) is 2.83. The number of hydrogen-bond donors (Lipinski definition) is 2. The number of aromatic amines is 1. The monoisotopic (exact) mass is 345 g/mol. The van der Waals surface area contributed by atoms with Crippen molar-refractivity contribution in [2.45, 2.75) is 25.7 Å². The number of halogens is 1. The predicted octanol–water partition coefficient (Wildman–Crippen LogP) is 2.31. The van der Waals surface area contributed by atoms with E-state index in [2.05, 4.69) is 15.4 Å². The minimum atomic E-state index is -0.102. The average molecular weight is 346 g/mol. The van der Waals surface area contributed by atoms with E-state index in [0.29, 0.717) is 16.7 Å². The fourth-order valence-corrected chi connectivity index (χ4v) is 3.23. The van der Waals surface area contributed by atoms with E-state index in [0.717, 1.165) is 37.4 Å². The van der Waals surface area contributed by atoms with Crippen molar-refractivity contribution in [3.05, 3.63) is 52.2 Å². The molecule has 3 heterocycles. The number of para-hydroxylation sites is 1. The van der Waals surface area contributed by atoms with Crippen LogP contribution in [0.1, 0.15) is 30.3 Å². The molecule has 1 aliphatic heterocycles. The van der Waals surface area contributed by atoms with Crippen molar-refractivity contribution >= 4 is 23.4 Å². The Morgan fingerprint density at radius 3 is 2.75 bits per heavy atom. The first-order chi connectivity index (χ1) is 11.2. The van der Waals surface area contributed by atoms with Crippen molar-refractivity contribution in [2.75, 3.05) is 13.1 Å². The largest absolute Gasteiger partial charge is 0.316 e. The first kappa shape index (κ1) is 16.7. The molecule has 126 valence electrons. The van der Waals surface area contributed by atoms with Gasteiger partial charge in [-0.05, 0) is 38.4 Å². The predicted molar refractivity (Wildman–Crippen MR) is 96.3 cm³/mol. The highest BCUT2D eigenvalue weighted by molar-refractivity contribution is 5.85. The molecule has 1 aromatic carbocycles. The minimum Gasteiger partial charge on any atom is -0.316 e. The van der Waals surface area contributed by atoms with E-state index < -0.39 is 0 Å². The zero-order chi connectivity index (χ0) is 15.8. The Balaban J connectivity index is 0.00000169. The summed E-state index contributed by atoms with van der Waals surface area (Å²) in [5.74, 6) is 1.01. The molecule has 1 aliphatic rings. The maximum absolute atomic E-state index is 12.5. The lowest BCUT2D eigenvalue weighted by molar-refractivity contribution is 0.446. The Bertz CT molecular complexity index is 896. The average Bonchev–Trinajstić information content (AvgIpc) is 2.94. The van der Waals surface area contributed by atoms with Crippen LogP contribution in [0, 0.1) is 6.92 Å². The molecule has 1 atom stereocenters. The number of H-pyrrole nitrogens is 1. The van der Waals surface area contributed by atoms with Gasteiger partial charge in [-0.2, -0.15) is 5.10 Å². The van der Waals surface area contributed by atoms with Gasteiger partial charge >= 0.3 is 0 Å². The van der Waals surface area contributed by atoms with Gasteiger partial charge in [0.25, 0.3) is 5.56 Å². The maximum atomic E-state index is 12.5. The van der Waals surface area contributed by atoms with E-state index in [1.807, 2.05) is 37.3 Å². The van der Waals surface area contributed by atoms with Gasteiger partial charge in [0, 0.05) is 12.5 Å². The molecular weight excluding hydrogens is 326 g/mol. The number of nitrogens with zero attached hydrogens (tertiary/aromatic N) is 3. The lowest BCUT2D eigenvalue weighted by atomic mass is 9.99. The summed E-state index contributed by atoms with van der Waals surface area (Å²) < 4.78 is 1.76. The lowest BCUT2D eigenvalue weighted by Gasteiger charge is -2.21. The van der Waals surface area contributed by atoms with Gasteiger partial charge in [0.1, 0.15) is 11.2 Å². The highest BCUT2D eigenvalue weighted by Crippen LogP contribution is 2.22. The van der Waals surface area contributed by atoms with Crippen molar-refractivity contribution < 1.29 is 0 Å². The van der Waals surface area contributed by atoms with Crippen LogP contribution in [0.4, 0.5) is 0 Å². The summed E-state index contributed by atoms with van der Waals surface area (Å²) in [4.78, 5) is 20.3. The number of piperidine rings is 1. The molecule has 0 radical (unpaired) electrons. The Morgan fingerprint density at radius 1 is 1.25 bits per heavy atom. The smallest absolute Gasteiger partial charge is 0.262 e. The second-order valence-corrected chi connectivity index (χ2v) is 6.03. The van der Waals surface area contributed by atoms with Crippen LogP contribution >= 0.6 is 12.4 Å². The lowest BCUT2D eigenvalue weighted by Crippen LogP contribution is -2.30. The van der Waals surface area contributed by atoms with Crippen molar-refractivity contribution in [1.29, 1.82) is 0 Å². The first-order valence-corrected chi connectivity index (χ1v) is 8.00. The summed E-state index contributed by atoms with van der Waals surface area (Å²) in [7, 11) is 0. The molecule has 4 rings (SSSR count). The van der Waals surface area contributed by atoms with Crippen LogP contribution < -0.4 is 10.9 Å². The van der Waals surface area contributed by atoms with Crippen LogP contribution in [0.3, 0.4) is 0 Å². The van der Waals surface area contributed by atoms with Crippen molar-refractivity contribution in [1.82, 2.24) is 25.1 Å². The fourth-order valence-electron chi connectivity index (χ4n) is 3.23. The first-order valence-electron chi connectivity index (χ1n) is 8.00. The summed E-state index contributed by atoms with van der Waals surface area (Å²) in [6, 6.07) is 9.81. The van der Waals surface area contributed by atoms with Crippen LogP contribution in [0.5, 0.6) is 0 Å². The fraction of sp³-hybridized carbons (Fsp3) is 0.353. The summed E-state index contributed by atoms with van der Waals surface area (Å²) in [5, 5.41) is 8.46. The second-order valence-electron chi connectivity index (χ2n) is 6.03. The molecular formula is C17H20ClN5O. The van der Waals surface area contributed by atoms with Gasteiger partial charge < -0.3 is 10.3 Å². The number of benzene rings is 1. The molecule has 0 bridgehead atoms. The summed E-state index contributed by atoms with van der Waals surface area (Å²) in [6.07, 6.45) is 2.14. The van der Waals surface area contributed by atoms with Crippen LogP contribution in [-0.4, -0.2) is 32.8 Å². The van der Waals surface area contributed by atoms with E-state index in [-0.39, 0.29) is 23.9 Å². The van der Waals surface area contributed by atoms with Crippen LogP contribution in [0.15, 0.2) is 35.1 Å². The summed E-state index contributed by atoms with van der Waals surface area (Å²) >= 11 is 0. The van der Waals surface area contributed by atoms with Crippen LogP contribution in [0.2, 0.25) is 0 Å². The van der Waals surface area contributed by atoms with Gasteiger partial charge in [-0.25, -0.2) is 9.67 Å². The van der Waals surface area contributed by atoms with Gasteiger partial charge in [-0.3, -0.25) is 4.79 Å². The molecule has 1 fully saturated rings. The van der Waals surface area contributed by atoms with E-state index in [4.69, 9.17) is 4.98 Å². The molecule has 0 aliphatic carbocycles. The normalized spacial score (nSPS) is 17.6. The molecule has 0 saturated carbocycles. The number of aryl methyl sites for hydroxylation is 1. The van der Waals surface area contributed by atoms with E-state index in [9.17, 15) is 4.79 Å². The number of nitrogens with one attached hydrogen (secondary N) is 2. The van der Waals surface area contributed by atoms with E-state index >= 15 is 0 Å². The minimum absolute atomic E-state index is 0. The standard InChI is InChI=1S/C17H19N5O.ClH/c1-11-14-16(22(21-11)13-7-3-2-4-8-13)19-15(20-17(14)23)12-6-5-9-18-10-12;/h2-4,7-8,12,18H,5-6,9-10H2,1H3,(H,19,20,23);1H. The molecule has 7 heteroatoms. The third-order valence-corrected chi connectivity index (χ3v) is 4.42. The molecule has 3 aromatic rings. The molecule has 1 saturated heterocycles. The quantitative estimate of drug-likeness (QED) is 0.747. The SMILES string of the molecule is Cc1nn(-c2ccccc2)c2nc(C3CCCNC3)[nH]c(=O)c12.Cl. The maximum Gasteiger partial charge on any atom is 0.262 e. The molecule has 0 amide bonds. The highest BCUT2D eigenvalue weighted by atomic mass is 35.5. The van der Waals surface area contributed by atoms with E-state index in [1.54, 1.807) is 4.68 Å². The molecule has 2 N–H and O–H groups in total. The number of rotatable bonds is 2. The Morgan fingerprint density at radius 2 is 2.04 bits per heavy atom. The zero-order valence-corrected chi connectivity index (χ0v) is 14.3. The Hall–Kier alpha value is -2.18. The Labute approximate surface area is 145 Å². The molecule has 0 spiro atoms. The third-order valence-electron chi connectivity index (χ3n) is 4.42. The van der Waals surface area contributed by atoms with Gasteiger partial charge in [-0.15, -0.1) is 12.4 Å². The second kappa shape index (κ2) is 6.75. The zero-order valence-electron chi connectivity index (χ0n) is 13.5. The van der Waals surface area contributed by atoms with Crippen molar-refractivity contribution in [3.63, 3.8) is 0 Å². The Kier molecular flexibility index (Phi) is 4.69. The highest BCUT2D eigenvalue weighted by Gasteiger charge is 2.21. The van der Waals surface area contributed by atoms with Crippen LogP contribution in [0.25, 0.3) is 16.7 Å². The summed E-state index contributed by atoms with van der Waals surface area (Å²) in [6.45, 7) is 3.73. The van der Waals surface area contributed by atoms with E-state index in [1.165, 1.54) is 0 Å². The summed E-state index contributed by atoms with van der Waals surface area (Å²) in [5.41, 5.74) is 2.15. The van der Waals surface area contributed by atoms with Gasteiger partial charge in [0.05, 0.1) is 11.4 Å². The van der Waals surface area contributed by atoms with Gasteiger partial charge in [0.15, 0.2) is 5.65 Å². The van der Waals surface area contributed by atoms with Crippen LogP contribution in [-0.2, 0) is 0 Å². The van der Waals surface area contributed by atoms with Crippen molar-refractivity contribution in [3.8, 4) is 5.69 Å². The van der Waals surface area contributed by atoms with Gasteiger partial charge in [0.2, 0.25) is 0 Å². The van der Waals surface area contributed by atoms with Crippen molar-refractivity contribution in [2.24, 2.45) is 0 Å². The number of fused-ring (bicyclic) bond motifs is 1. The number of aromatic nitrogens is 4. The molecule has 1 unspecified atom stereocenters. The molecule has 2 aromatic heterocycles. The topological polar surface area (TPSA) is 75.6 Å². The molecule has 6 nitrogen and oxygen atoms in total. The molecule has 24 heavy (non-hydrogen) atoms. The van der Waals surface area contributed by atoms with Gasteiger partial charge in [-0.1, -0.05) is 18.2 Å². The number of hydrogen-bond acceptors (Lipinski definition) is 4.